The van der Waals surface area contributed by atoms with E-state index in [2.05, 4.69) is 20.9 Å². The number of pyridine rings is 1. The summed E-state index contributed by atoms with van der Waals surface area (Å²) in [6, 6.07) is 6.49. The number of rotatable bonds is 2. The van der Waals surface area contributed by atoms with Crippen LogP contribution in [0.25, 0.3) is 0 Å². The minimum Gasteiger partial charge on any atom is -0.289 e. The molecule has 0 saturated carbocycles. The highest BCUT2D eigenvalue weighted by Gasteiger charge is 2.11. The van der Waals surface area contributed by atoms with E-state index in [1.165, 1.54) is 6.20 Å². The maximum atomic E-state index is 12.1. The van der Waals surface area contributed by atoms with Crippen molar-refractivity contribution in [3.8, 4) is 0 Å². The standard InChI is InChI=1S/C12H6BrCl2NO/c13-9-3-8(5-16-6-9)12(17)7-1-2-10(14)11(15)4-7/h1-6H. The molecule has 0 unspecified atom stereocenters. The zero-order chi connectivity index (χ0) is 12.4. The maximum absolute atomic E-state index is 12.1. The van der Waals surface area contributed by atoms with Crippen LogP contribution >= 0.6 is 39.1 Å². The fourth-order valence-corrected chi connectivity index (χ4v) is 2.00. The first-order valence-electron chi connectivity index (χ1n) is 4.68. The fourth-order valence-electron chi connectivity index (χ4n) is 1.34. The highest BCUT2D eigenvalue weighted by Crippen LogP contribution is 2.24. The van der Waals surface area contributed by atoms with Crippen LogP contribution < -0.4 is 0 Å². The average Bonchev–Trinajstić information content (AvgIpc) is 2.32. The topological polar surface area (TPSA) is 30.0 Å². The Morgan fingerprint density at radius 3 is 2.47 bits per heavy atom. The molecule has 0 aliphatic rings. The highest BCUT2D eigenvalue weighted by atomic mass is 79.9. The molecule has 2 rings (SSSR count). The molecular weight excluding hydrogens is 325 g/mol. The number of aromatic nitrogens is 1. The van der Waals surface area contributed by atoms with Crippen LogP contribution in [0.4, 0.5) is 0 Å². The third-order valence-electron chi connectivity index (χ3n) is 2.15. The van der Waals surface area contributed by atoms with Gasteiger partial charge in [0.2, 0.25) is 0 Å². The van der Waals surface area contributed by atoms with Crippen LogP contribution in [-0.2, 0) is 0 Å². The van der Waals surface area contributed by atoms with Gasteiger partial charge >= 0.3 is 0 Å². The Bertz CT molecular complexity index is 586. The molecule has 0 aliphatic heterocycles. The van der Waals surface area contributed by atoms with Gasteiger partial charge in [0, 0.05) is 28.0 Å². The summed E-state index contributed by atoms with van der Waals surface area (Å²) in [4.78, 5) is 16.0. The van der Waals surface area contributed by atoms with E-state index in [0.717, 1.165) is 4.47 Å². The van der Waals surface area contributed by atoms with Crippen molar-refractivity contribution in [3.63, 3.8) is 0 Å². The molecule has 0 fully saturated rings. The number of halogens is 3. The number of nitrogens with zero attached hydrogens (tertiary/aromatic N) is 1. The van der Waals surface area contributed by atoms with E-state index in [4.69, 9.17) is 23.2 Å². The van der Waals surface area contributed by atoms with E-state index in [1.807, 2.05) is 0 Å². The van der Waals surface area contributed by atoms with Crippen molar-refractivity contribution >= 4 is 44.9 Å². The average molecular weight is 331 g/mol. The molecule has 0 bridgehead atoms. The van der Waals surface area contributed by atoms with E-state index in [-0.39, 0.29) is 5.78 Å². The van der Waals surface area contributed by atoms with Crippen molar-refractivity contribution in [1.82, 2.24) is 4.98 Å². The second-order valence-electron chi connectivity index (χ2n) is 3.35. The first-order valence-corrected chi connectivity index (χ1v) is 6.23. The lowest BCUT2D eigenvalue weighted by Gasteiger charge is -2.03. The Morgan fingerprint density at radius 1 is 1.06 bits per heavy atom. The number of carbonyl (C=O) groups is 1. The summed E-state index contributed by atoms with van der Waals surface area (Å²) in [5.74, 6) is -0.141. The van der Waals surface area contributed by atoms with Gasteiger partial charge < -0.3 is 0 Å². The largest absolute Gasteiger partial charge is 0.289 e. The highest BCUT2D eigenvalue weighted by molar-refractivity contribution is 9.10. The summed E-state index contributed by atoms with van der Waals surface area (Å²) in [6.45, 7) is 0. The second-order valence-corrected chi connectivity index (χ2v) is 5.08. The van der Waals surface area contributed by atoms with Gasteiger partial charge in [-0.15, -0.1) is 0 Å². The lowest BCUT2D eigenvalue weighted by Crippen LogP contribution is -2.01. The summed E-state index contributed by atoms with van der Waals surface area (Å²) in [6.07, 6.45) is 3.13. The molecule has 1 aromatic heterocycles. The molecule has 1 heterocycles. The third kappa shape index (κ3) is 2.86. The molecule has 5 heteroatoms. The van der Waals surface area contributed by atoms with Crippen LogP contribution in [0.3, 0.4) is 0 Å². The summed E-state index contributed by atoms with van der Waals surface area (Å²) in [5.41, 5.74) is 0.983. The van der Waals surface area contributed by atoms with E-state index in [0.29, 0.717) is 21.2 Å². The van der Waals surface area contributed by atoms with Crippen LogP contribution in [0.2, 0.25) is 10.0 Å². The smallest absolute Gasteiger partial charge is 0.194 e. The fraction of sp³-hybridized carbons (Fsp3) is 0. The zero-order valence-electron chi connectivity index (χ0n) is 8.45. The number of benzene rings is 1. The van der Waals surface area contributed by atoms with Crippen LogP contribution in [0.1, 0.15) is 15.9 Å². The number of ketones is 1. The van der Waals surface area contributed by atoms with Gasteiger partial charge in [0.1, 0.15) is 0 Å². The normalized spacial score (nSPS) is 10.3. The van der Waals surface area contributed by atoms with E-state index < -0.39 is 0 Å². The van der Waals surface area contributed by atoms with E-state index >= 15 is 0 Å². The van der Waals surface area contributed by atoms with Crippen molar-refractivity contribution in [2.24, 2.45) is 0 Å². The predicted octanol–water partition coefficient (Wildman–Crippen LogP) is 4.38. The molecule has 86 valence electrons. The Balaban J connectivity index is 2.40. The monoisotopic (exact) mass is 329 g/mol. The summed E-state index contributed by atoms with van der Waals surface area (Å²) in [5, 5.41) is 0.788. The molecule has 0 atom stereocenters. The zero-order valence-corrected chi connectivity index (χ0v) is 11.6. The second kappa shape index (κ2) is 5.17. The van der Waals surface area contributed by atoms with Crippen LogP contribution in [0.15, 0.2) is 41.1 Å². The lowest BCUT2D eigenvalue weighted by atomic mass is 10.1. The van der Waals surface area contributed by atoms with Crippen molar-refractivity contribution in [3.05, 3.63) is 62.3 Å². The summed E-state index contributed by atoms with van der Waals surface area (Å²) in [7, 11) is 0. The van der Waals surface area contributed by atoms with E-state index in [9.17, 15) is 4.79 Å². The number of hydrogen-bond acceptors (Lipinski definition) is 2. The molecule has 0 radical (unpaired) electrons. The lowest BCUT2D eigenvalue weighted by molar-refractivity contribution is 0.103. The number of carbonyl (C=O) groups excluding carboxylic acids is 1. The van der Waals surface area contributed by atoms with Crippen molar-refractivity contribution in [2.75, 3.05) is 0 Å². The van der Waals surface area contributed by atoms with Gasteiger partial charge in [0.05, 0.1) is 10.0 Å². The Labute approximate surface area is 117 Å². The first-order chi connectivity index (χ1) is 8.08. The first kappa shape index (κ1) is 12.6. The Hall–Kier alpha value is -0.900. The predicted molar refractivity (Wildman–Crippen MR) is 71.8 cm³/mol. The van der Waals surface area contributed by atoms with Crippen molar-refractivity contribution < 1.29 is 4.79 Å². The molecule has 2 aromatic rings. The van der Waals surface area contributed by atoms with E-state index in [1.54, 1.807) is 30.5 Å². The van der Waals surface area contributed by atoms with Gasteiger partial charge in [-0.1, -0.05) is 23.2 Å². The molecule has 0 aliphatic carbocycles. The molecule has 1 aromatic carbocycles. The van der Waals surface area contributed by atoms with Gasteiger partial charge in [-0.2, -0.15) is 0 Å². The molecule has 0 saturated heterocycles. The SMILES string of the molecule is O=C(c1cncc(Br)c1)c1ccc(Cl)c(Cl)c1. The molecule has 0 amide bonds. The minimum absolute atomic E-state index is 0.141. The summed E-state index contributed by atoms with van der Waals surface area (Å²) >= 11 is 14.9. The molecule has 0 spiro atoms. The van der Waals surface area contributed by atoms with Gasteiger partial charge in [-0.3, -0.25) is 9.78 Å². The van der Waals surface area contributed by atoms with Crippen molar-refractivity contribution in [1.29, 1.82) is 0 Å². The van der Waals surface area contributed by atoms with Gasteiger partial charge in [0.15, 0.2) is 5.78 Å². The van der Waals surface area contributed by atoms with Crippen LogP contribution in [0, 0.1) is 0 Å². The van der Waals surface area contributed by atoms with Gasteiger partial charge in [0.25, 0.3) is 0 Å². The molecule has 0 N–H and O–H groups in total. The van der Waals surface area contributed by atoms with Gasteiger partial charge in [-0.25, -0.2) is 0 Å². The minimum atomic E-state index is -0.141. The van der Waals surface area contributed by atoms with Crippen LogP contribution in [-0.4, -0.2) is 10.8 Å². The Morgan fingerprint density at radius 2 is 1.82 bits per heavy atom. The quantitative estimate of drug-likeness (QED) is 0.765. The van der Waals surface area contributed by atoms with Crippen molar-refractivity contribution in [2.45, 2.75) is 0 Å². The molecule has 17 heavy (non-hydrogen) atoms. The number of hydrogen-bond donors (Lipinski definition) is 0. The Kier molecular flexibility index (Phi) is 3.82. The third-order valence-corrected chi connectivity index (χ3v) is 3.32. The van der Waals surface area contributed by atoms with Crippen LogP contribution in [0.5, 0.6) is 0 Å². The maximum Gasteiger partial charge on any atom is 0.194 e. The summed E-state index contributed by atoms with van der Waals surface area (Å²) < 4.78 is 0.753. The van der Waals surface area contributed by atoms with Gasteiger partial charge in [-0.05, 0) is 40.2 Å². The molecule has 2 nitrogen and oxygen atoms in total. The molecular formula is C12H6BrCl2NO.